The second kappa shape index (κ2) is 5.82. The monoisotopic (exact) mass is 285 g/mol. The molecule has 114 valence electrons. The maximum atomic E-state index is 6.03. The van der Waals surface area contributed by atoms with Crippen molar-refractivity contribution < 1.29 is 0 Å². The molecule has 3 nitrogen and oxygen atoms in total. The van der Waals surface area contributed by atoms with Crippen molar-refractivity contribution in [3.8, 4) is 0 Å². The van der Waals surface area contributed by atoms with E-state index in [-0.39, 0.29) is 0 Å². The Bertz CT molecular complexity index is 582. The minimum Gasteiger partial charge on any atom is -0.346 e. The number of para-hydroxylation sites is 1. The molecule has 0 radical (unpaired) electrons. The number of fused-ring (bicyclic) bond motifs is 1. The third kappa shape index (κ3) is 2.72. The van der Waals surface area contributed by atoms with E-state index >= 15 is 0 Å². The summed E-state index contributed by atoms with van der Waals surface area (Å²) in [5.41, 5.74) is 10.2. The molecular formula is C18H27N3. The molecule has 1 fully saturated rings. The van der Waals surface area contributed by atoms with Crippen LogP contribution in [0.2, 0.25) is 0 Å². The molecule has 0 bridgehead atoms. The number of aromatic nitrogens is 1. The molecule has 2 aromatic rings. The van der Waals surface area contributed by atoms with Gasteiger partial charge in [0.2, 0.25) is 0 Å². The Morgan fingerprint density at radius 3 is 2.52 bits per heavy atom. The van der Waals surface area contributed by atoms with Crippen molar-refractivity contribution in [3.63, 3.8) is 0 Å². The third-order valence-corrected chi connectivity index (χ3v) is 5.27. The van der Waals surface area contributed by atoms with Gasteiger partial charge in [0.15, 0.2) is 0 Å². The Morgan fingerprint density at radius 2 is 1.86 bits per heavy atom. The van der Waals surface area contributed by atoms with Crippen molar-refractivity contribution in [2.75, 3.05) is 7.05 Å². The minimum atomic E-state index is 0.425. The van der Waals surface area contributed by atoms with Gasteiger partial charge in [-0.05, 0) is 51.3 Å². The Balaban J connectivity index is 1.81. The second-order valence-corrected chi connectivity index (χ2v) is 6.63. The van der Waals surface area contributed by atoms with Gasteiger partial charge in [0, 0.05) is 42.3 Å². The van der Waals surface area contributed by atoms with Crippen molar-refractivity contribution in [2.24, 2.45) is 12.8 Å². The largest absolute Gasteiger partial charge is 0.346 e. The van der Waals surface area contributed by atoms with E-state index in [2.05, 4.69) is 54.8 Å². The summed E-state index contributed by atoms with van der Waals surface area (Å²) in [5, 5.41) is 1.38. The maximum Gasteiger partial charge on any atom is 0.0483 e. The van der Waals surface area contributed by atoms with Gasteiger partial charge in [-0.1, -0.05) is 18.2 Å². The van der Waals surface area contributed by atoms with Crippen LogP contribution in [0, 0.1) is 6.92 Å². The van der Waals surface area contributed by atoms with Crippen LogP contribution in [0.25, 0.3) is 10.9 Å². The Hall–Kier alpha value is -1.32. The average Bonchev–Trinajstić information content (AvgIpc) is 2.73. The maximum absolute atomic E-state index is 6.03. The lowest BCUT2D eigenvalue weighted by Gasteiger charge is -2.33. The highest BCUT2D eigenvalue weighted by molar-refractivity contribution is 5.85. The summed E-state index contributed by atoms with van der Waals surface area (Å²) in [6, 6.07) is 9.80. The van der Waals surface area contributed by atoms with E-state index in [9.17, 15) is 0 Å². The van der Waals surface area contributed by atoms with Crippen LogP contribution in [0.3, 0.4) is 0 Å². The molecule has 3 heteroatoms. The zero-order valence-electron chi connectivity index (χ0n) is 13.5. The van der Waals surface area contributed by atoms with Crippen LogP contribution in [-0.4, -0.2) is 28.6 Å². The van der Waals surface area contributed by atoms with Gasteiger partial charge in [-0.3, -0.25) is 4.90 Å². The Morgan fingerprint density at radius 1 is 1.19 bits per heavy atom. The first-order chi connectivity index (χ1) is 10.1. The third-order valence-electron chi connectivity index (χ3n) is 5.27. The molecule has 1 aromatic carbocycles. The van der Waals surface area contributed by atoms with Crippen LogP contribution in [0.1, 0.15) is 36.9 Å². The summed E-state index contributed by atoms with van der Waals surface area (Å²) < 4.78 is 2.36. The first-order valence-corrected chi connectivity index (χ1v) is 8.06. The van der Waals surface area contributed by atoms with Crippen molar-refractivity contribution >= 4 is 10.9 Å². The molecule has 0 unspecified atom stereocenters. The van der Waals surface area contributed by atoms with E-state index < -0.39 is 0 Å². The van der Waals surface area contributed by atoms with Crippen LogP contribution < -0.4 is 5.73 Å². The quantitative estimate of drug-likeness (QED) is 0.940. The topological polar surface area (TPSA) is 34.2 Å². The van der Waals surface area contributed by atoms with E-state index in [1.807, 2.05) is 0 Å². The van der Waals surface area contributed by atoms with Crippen LogP contribution in [0.15, 0.2) is 24.3 Å². The van der Waals surface area contributed by atoms with E-state index in [1.54, 1.807) is 0 Å². The summed E-state index contributed by atoms with van der Waals surface area (Å²) in [6.07, 6.45) is 4.81. The molecule has 0 saturated heterocycles. The molecule has 21 heavy (non-hydrogen) atoms. The molecule has 0 atom stereocenters. The van der Waals surface area contributed by atoms with E-state index in [4.69, 9.17) is 5.73 Å². The molecule has 1 heterocycles. The van der Waals surface area contributed by atoms with Gasteiger partial charge >= 0.3 is 0 Å². The zero-order chi connectivity index (χ0) is 15.0. The number of aryl methyl sites for hydroxylation is 2. The SMILES string of the molecule is Cc1c(CN(C)C2CCC(N)CC2)n(C)c2ccccc12. The summed E-state index contributed by atoms with van der Waals surface area (Å²) in [4.78, 5) is 2.52. The lowest BCUT2D eigenvalue weighted by atomic mass is 9.91. The fourth-order valence-corrected chi connectivity index (χ4v) is 3.77. The van der Waals surface area contributed by atoms with Crippen molar-refractivity contribution in [2.45, 2.75) is 51.2 Å². The van der Waals surface area contributed by atoms with Gasteiger partial charge in [0.05, 0.1) is 0 Å². The highest BCUT2D eigenvalue weighted by Crippen LogP contribution is 2.27. The van der Waals surface area contributed by atoms with Gasteiger partial charge < -0.3 is 10.3 Å². The number of hydrogen-bond donors (Lipinski definition) is 1. The predicted octanol–water partition coefficient (Wildman–Crippen LogP) is 3.19. The van der Waals surface area contributed by atoms with Crippen molar-refractivity contribution in [1.82, 2.24) is 9.47 Å². The molecule has 1 saturated carbocycles. The molecule has 1 aliphatic rings. The number of benzene rings is 1. The Labute approximate surface area is 127 Å². The summed E-state index contributed by atoms with van der Waals surface area (Å²) in [5.74, 6) is 0. The van der Waals surface area contributed by atoms with Gasteiger partial charge in [0.25, 0.3) is 0 Å². The van der Waals surface area contributed by atoms with E-state index in [0.717, 1.165) is 6.54 Å². The van der Waals surface area contributed by atoms with E-state index in [0.29, 0.717) is 12.1 Å². The first-order valence-electron chi connectivity index (χ1n) is 8.06. The molecule has 1 aromatic heterocycles. The molecule has 2 N–H and O–H groups in total. The summed E-state index contributed by atoms with van der Waals surface area (Å²) >= 11 is 0. The molecule has 0 amide bonds. The second-order valence-electron chi connectivity index (χ2n) is 6.63. The molecule has 0 spiro atoms. The van der Waals surface area contributed by atoms with Crippen LogP contribution in [0.4, 0.5) is 0 Å². The van der Waals surface area contributed by atoms with Gasteiger partial charge in [-0.2, -0.15) is 0 Å². The minimum absolute atomic E-state index is 0.425. The standard InChI is InChI=1S/C18H27N3/c1-13-16-6-4-5-7-17(16)21(3)18(13)12-20(2)15-10-8-14(19)9-11-15/h4-7,14-15H,8-12,19H2,1-3H3. The smallest absolute Gasteiger partial charge is 0.0483 e. The molecule has 3 rings (SSSR count). The number of rotatable bonds is 3. The fourth-order valence-electron chi connectivity index (χ4n) is 3.77. The highest BCUT2D eigenvalue weighted by atomic mass is 15.1. The van der Waals surface area contributed by atoms with Gasteiger partial charge in [-0.15, -0.1) is 0 Å². The van der Waals surface area contributed by atoms with Gasteiger partial charge in [0.1, 0.15) is 0 Å². The number of nitrogens with zero attached hydrogens (tertiary/aromatic N) is 2. The summed E-state index contributed by atoms with van der Waals surface area (Å²) in [7, 11) is 4.45. The lowest BCUT2D eigenvalue weighted by molar-refractivity contribution is 0.173. The van der Waals surface area contributed by atoms with Crippen LogP contribution in [0.5, 0.6) is 0 Å². The van der Waals surface area contributed by atoms with Crippen LogP contribution >= 0.6 is 0 Å². The number of nitrogens with two attached hydrogens (primary N) is 1. The zero-order valence-corrected chi connectivity index (χ0v) is 13.5. The molecular weight excluding hydrogens is 258 g/mol. The summed E-state index contributed by atoms with van der Waals surface area (Å²) in [6.45, 7) is 3.28. The normalized spacial score (nSPS) is 23.1. The van der Waals surface area contributed by atoms with E-state index in [1.165, 1.54) is 47.8 Å². The van der Waals surface area contributed by atoms with Crippen LogP contribution in [-0.2, 0) is 13.6 Å². The average molecular weight is 285 g/mol. The fraction of sp³-hybridized carbons (Fsp3) is 0.556. The molecule has 1 aliphatic carbocycles. The van der Waals surface area contributed by atoms with Crippen molar-refractivity contribution in [1.29, 1.82) is 0 Å². The van der Waals surface area contributed by atoms with Crippen molar-refractivity contribution in [3.05, 3.63) is 35.5 Å². The highest BCUT2D eigenvalue weighted by Gasteiger charge is 2.23. The predicted molar refractivity (Wildman–Crippen MR) is 89.4 cm³/mol. The molecule has 0 aliphatic heterocycles. The van der Waals surface area contributed by atoms with Gasteiger partial charge in [-0.25, -0.2) is 0 Å². The lowest BCUT2D eigenvalue weighted by Crippen LogP contribution is -2.38. The first kappa shape index (κ1) is 14.6. The number of hydrogen-bond acceptors (Lipinski definition) is 2. The Kier molecular flexibility index (Phi) is 4.05.